The second-order valence-corrected chi connectivity index (χ2v) is 7.45. The zero-order valence-electron chi connectivity index (χ0n) is 15.0. The molecule has 0 fully saturated rings. The Morgan fingerprint density at radius 3 is 2.72 bits per heavy atom. The highest BCUT2D eigenvalue weighted by Gasteiger charge is 2.12. The summed E-state index contributed by atoms with van der Waals surface area (Å²) in [5.74, 6) is 0.645. The second kappa shape index (κ2) is 8.92. The van der Waals surface area contributed by atoms with Crippen LogP contribution in [0.5, 0.6) is 0 Å². The van der Waals surface area contributed by atoms with Crippen LogP contribution in [0.2, 0.25) is 5.02 Å². The first-order chi connectivity index (χ1) is 11.9. The number of thiophene rings is 1. The smallest absolute Gasteiger partial charge is 0.243 e. The zero-order valence-corrected chi connectivity index (χ0v) is 16.6. The first kappa shape index (κ1) is 19.3. The highest BCUT2D eigenvalue weighted by molar-refractivity contribution is 7.09. The molecule has 0 unspecified atom stereocenters. The van der Waals surface area contributed by atoms with E-state index >= 15 is 0 Å². The van der Waals surface area contributed by atoms with Crippen LogP contribution in [0.3, 0.4) is 0 Å². The lowest BCUT2D eigenvalue weighted by atomic mass is 10.4. The summed E-state index contributed by atoms with van der Waals surface area (Å²) in [5.41, 5.74) is 1.07. The van der Waals surface area contributed by atoms with E-state index in [2.05, 4.69) is 16.4 Å². The van der Waals surface area contributed by atoms with Crippen LogP contribution in [-0.2, 0) is 24.9 Å². The van der Waals surface area contributed by atoms with Gasteiger partial charge < -0.3 is 19.7 Å². The maximum absolute atomic E-state index is 11.9. The van der Waals surface area contributed by atoms with E-state index in [0.29, 0.717) is 24.1 Å². The van der Waals surface area contributed by atoms with E-state index in [1.165, 1.54) is 9.78 Å². The van der Waals surface area contributed by atoms with Gasteiger partial charge in [0.1, 0.15) is 6.54 Å². The summed E-state index contributed by atoms with van der Waals surface area (Å²) in [5, 5.41) is 6.08. The number of hydrogen-bond acceptors (Lipinski definition) is 3. The monoisotopic (exact) mass is 381 g/mol. The van der Waals surface area contributed by atoms with E-state index in [0.717, 1.165) is 5.69 Å². The maximum Gasteiger partial charge on any atom is 0.243 e. The molecule has 0 bridgehead atoms. The third-order valence-electron chi connectivity index (χ3n) is 3.70. The Morgan fingerprint density at radius 1 is 1.40 bits per heavy atom. The number of likely N-dealkylation sites (N-methyl/N-ethyl adjacent to an activating group) is 1. The lowest BCUT2D eigenvalue weighted by Crippen LogP contribution is -2.39. The van der Waals surface area contributed by atoms with Crippen LogP contribution < -0.4 is 5.32 Å². The second-order valence-electron chi connectivity index (χ2n) is 5.98. The van der Waals surface area contributed by atoms with Crippen LogP contribution >= 0.6 is 22.9 Å². The van der Waals surface area contributed by atoms with Crippen molar-refractivity contribution < 1.29 is 4.79 Å². The van der Waals surface area contributed by atoms with Gasteiger partial charge >= 0.3 is 0 Å². The molecule has 2 aromatic rings. The molecule has 0 atom stereocenters. The molecule has 2 aromatic heterocycles. The minimum absolute atomic E-state index is 0.0364. The molecular weight excluding hydrogens is 358 g/mol. The summed E-state index contributed by atoms with van der Waals surface area (Å²) < 4.78 is 1.99. The lowest BCUT2D eigenvalue weighted by Gasteiger charge is -2.23. The molecule has 0 aliphatic rings. The molecule has 0 aliphatic heterocycles. The normalized spacial score (nSPS) is 11.5. The van der Waals surface area contributed by atoms with E-state index in [-0.39, 0.29) is 12.5 Å². The van der Waals surface area contributed by atoms with Gasteiger partial charge in [-0.25, -0.2) is 4.99 Å². The van der Waals surface area contributed by atoms with Gasteiger partial charge in [0.05, 0.1) is 18.1 Å². The SMILES string of the molecule is CN(C)C(=O)CN=C(NCc1cccs1)N(C)Cc1cc(Cl)cn1C. The van der Waals surface area contributed by atoms with Gasteiger partial charge in [0.2, 0.25) is 5.91 Å². The molecule has 0 aliphatic carbocycles. The van der Waals surface area contributed by atoms with Gasteiger partial charge in [-0.1, -0.05) is 17.7 Å². The highest BCUT2D eigenvalue weighted by atomic mass is 35.5. The van der Waals surface area contributed by atoms with E-state index in [1.54, 1.807) is 25.4 Å². The molecule has 0 aromatic carbocycles. The first-order valence-electron chi connectivity index (χ1n) is 7.89. The van der Waals surface area contributed by atoms with Gasteiger partial charge in [-0.05, 0) is 17.5 Å². The van der Waals surface area contributed by atoms with Crippen LogP contribution in [0.1, 0.15) is 10.6 Å². The fraction of sp³-hybridized carbons (Fsp3) is 0.412. The van der Waals surface area contributed by atoms with Crippen molar-refractivity contribution in [2.24, 2.45) is 12.0 Å². The van der Waals surface area contributed by atoms with Gasteiger partial charge in [-0.15, -0.1) is 11.3 Å². The van der Waals surface area contributed by atoms with Crippen LogP contribution in [-0.4, -0.2) is 53.9 Å². The molecule has 1 N–H and O–H groups in total. The first-order valence-corrected chi connectivity index (χ1v) is 9.15. The minimum Gasteiger partial charge on any atom is -0.351 e. The number of hydrogen-bond donors (Lipinski definition) is 1. The Balaban J connectivity index is 2.09. The van der Waals surface area contributed by atoms with Crippen LogP contribution in [0.25, 0.3) is 0 Å². The quantitative estimate of drug-likeness (QED) is 0.617. The molecular formula is C17H24ClN5OS. The average Bonchev–Trinajstić information content (AvgIpc) is 3.16. The van der Waals surface area contributed by atoms with Crippen molar-refractivity contribution >= 4 is 34.8 Å². The van der Waals surface area contributed by atoms with E-state index in [9.17, 15) is 4.79 Å². The molecule has 25 heavy (non-hydrogen) atoms. The van der Waals surface area contributed by atoms with Gasteiger partial charge in [0.25, 0.3) is 0 Å². The number of aromatic nitrogens is 1. The molecule has 0 saturated carbocycles. The number of nitrogens with zero attached hydrogens (tertiary/aromatic N) is 4. The van der Waals surface area contributed by atoms with Crippen LogP contribution in [0.15, 0.2) is 34.8 Å². The predicted octanol–water partition coefficient (Wildman–Crippen LogP) is 2.41. The molecule has 136 valence electrons. The van der Waals surface area contributed by atoms with Crippen LogP contribution in [0, 0.1) is 0 Å². The summed E-state index contributed by atoms with van der Waals surface area (Å²) in [6.45, 7) is 1.42. The third kappa shape index (κ3) is 5.79. The summed E-state index contributed by atoms with van der Waals surface area (Å²) in [7, 11) is 7.36. The number of nitrogens with one attached hydrogen (secondary N) is 1. The Hall–Kier alpha value is -1.99. The van der Waals surface area contributed by atoms with Crippen LogP contribution in [0.4, 0.5) is 0 Å². The summed E-state index contributed by atoms with van der Waals surface area (Å²) in [6.07, 6.45) is 1.87. The number of guanidine groups is 1. The standard InChI is InChI=1S/C17H24ClN5OS/c1-21(2)16(24)10-20-17(19-9-15-6-5-7-25-15)23(4)12-14-8-13(18)11-22(14)3/h5-8,11H,9-10,12H2,1-4H3,(H,19,20). The molecule has 1 amide bonds. The molecule has 0 saturated heterocycles. The summed E-state index contributed by atoms with van der Waals surface area (Å²) in [4.78, 5) is 21.1. The van der Waals surface area contributed by atoms with Gasteiger partial charge in [0.15, 0.2) is 5.96 Å². The van der Waals surface area contributed by atoms with Crippen molar-refractivity contribution in [3.8, 4) is 0 Å². The van der Waals surface area contributed by atoms with E-state index < -0.39 is 0 Å². The number of carbonyl (C=O) groups is 1. The Labute approximate surface area is 157 Å². The number of amides is 1. The van der Waals surface area contributed by atoms with Gasteiger partial charge in [-0.2, -0.15) is 0 Å². The number of aryl methyl sites for hydroxylation is 1. The Kier molecular flexibility index (Phi) is 6.90. The molecule has 0 spiro atoms. The number of halogens is 1. The molecule has 6 nitrogen and oxygen atoms in total. The van der Waals surface area contributed by atoms with E-state index in [4.69, 9.17) is 11.6 Å². The van der Waals surface area contributed by atoms with Crippen molar-refractivity contribution in [1.82, 2.24) is 19.7 Å². The number of rotatable bonds is 6. The van der Waals surface area contributed by atoms with Gasteiger partial charge in [-0.3, -0.25) is 4.79 Å². The van der Waals surface area contributed by atoms with Crippen molar-refractivity contribution in [2.45, 2.75) is 13.1 Å². The van der Waals surface area contributed by atoms with Crippen molar-refractivity contribution in [3.63, 3.8) is 0 Å². The molecule has 8 heteroatoms. The topological polar surface area (TPSA) is 52.9 Å². The van der Waals surface area contributed by atoms with Crippen molar-refractivity contribution in [1.29, 1.82) is 0 Å². The fourth-order valence-electron chi connectivity index (χ4n) is 2.22. The maximum atomic E-state index is 11.9. The van der Waals surface area contributed by atoms with Crippen molar-refractivity contribution in [3.05, 3.63) is 45.4 Å². The zero-order chi connectivity index (χ0) is 18.4. The lowest BCUT2D eigenvalue weighted by molar-refractivity contribution is -0.127. The Morgan fingerprint density at radius 2 is 2.16 bits per heavy atom. The molecule has 2 heterocycles. The largest absolute Gasteiger partial charge is 0.351 e. The average molecular weight is 382 g/mol. The summed E-state index contributed by atoms with van der Waals surface area (Å²) >= 11 is 7.74. The van der Waals surface area contributed by atoms with Crippen molar-refractivity contribution in [2.75, 3.05) is 27.7 Å². The number of aliphatic imine (C=N–C) groups is 1. The van der Waals surface area contributed by atoms with E-state index in [1.807, 2.05) is 47.3 Å². The molecule has 0 radical (unpaired) electrons. The predicted molar refractivity (Wildman–Crippen MR) is 104 cm³/mol. The summed E-state index contributed by atoms with van der Waals surface area (Å²) in [6, 6.07) is 6.01. The fourth-order valence-corrected chi connectivity index (χ4v) is 3.13. The highest BCUT2D eigenvalue weighted by Crippen LogP contribution is 2.14. The Bertz CT molecular complexity index is 723. The minimum atomic E-state index is -0.0364. The molecule has 2 rings (SSSR count). The van der Waals surface area contributed by atoms with Gasteiger partial charge in [0, 0.05) is 45.0 Å². The third-order valence-corrected chi connectivity index (χ3v) is 4.78. The number of carbonyl (C=O) groups excluding carboxylic acids is 1.